The summed E-state index contributed by atoms with van der Waals surface area (Å²) in [5.74, 6) is -0.242. The molecular weight excluding hydrogens is 246 g/mol. The molecular formula is C11H12ClNO4. The quantitative estimate of drug-likeness (QED) is 0.841. The Labute approximate surface area is 103 Å². The number of carboxylic acids is 1. The van der Waals surface area contributed by atoms with E-state index in [4.69, 9.17) is 31.9 Å². The number of benzene rings is 1. The van der Waals surface area contributed by atoms with E-state index in [0.29, 0.717) is 30.3 Å². The average molecular weight is 258 g/mol. The highest BCUT2D eigenvalue weighted by Gasteiger charge is 2.23. The van der Waals surface area contributed by atoms with Crippen LogP contribution in [-0.2, 0) is 4.79 Å². The number of halogens is 1. The fourth-order valence-electron chi connectivity index (χ4n) is 1.59. The first-order valence-electron chi connectivity index (χ1n) is 5.17. The van der Waals surface area contributed by atoms with Crippen LogP contribution in [0.25, 0.3) is 0 Å². The topological polar surface area (TPSA) is 81.8 Å². The number of aliphatic carboxylic acids is 1. The summed E-state index contributed by atoms with van der Waals surface area (Å²) in [6, 6.07) is 2.01. The molecule has 1 aliphatic heterocycles. The maximum Gasteiger partial charge on any atom is 0.325 e. The molecule has 1 aromatic carbocycles. The van der Waals surface area contributed by atoms with E-state index in [-0.39, 0.29) is 5.02 Å². The van der Waals surface area contributed by atoms with Crippen molar-refractivity contribution in [3.63, 3.8) is 0 Å². The zero-order valence-corrected chi connectivity index (χ0v) is 9.74. The lowest BCUT2D eigenvalue weighted by atomic mass is 10.1. The van der Waals surface area contributed by atoms with Crippen molar-refractivity contribution in [3.05, 3.63) is 22.7 Å². The highest BCUT2D eigenvalue weighted by molar-refractivity contribution is 6.33. The van der Waals surface area contributed by atoms with Gasteiger partial charge in [-0.1, -0.05) is 17.7 Å². The van der Waals surface area contributed by atoms with Crippen LogP contribution in [0.3, 0.4) is 0 Å². The van der Waals surface area contributed by atoms with Gasteiger partial charge in [0.2, 0.25) is 0 Å². The van der Waals surface area contributed by atoms with Crippen LogP contribution in [0.2, 0.25) is 5.02 Å². The number of ether oxygens (including phenoxy) is 2. The van der Waals surface area contributed by atoms with Crippen molar-refractivity contribution in [2.45, 2.75) is 12.5 Å². The SMILES string of the molecule is NC(C(=O)O)c1ccc2c(c1Cl)OCCCO2. The largest absolute Gasteiger partial charge is 0.490 e. The number of hydrogen-bond acceptors (Lipinski definition) is 4. The maximum absolute atomic E-state index is 10.8. The van der Waals surface area contributed by atoms with Gasteiger partial charge in [-0.2, -0.15) is 0 Å². The molecule has 0 saturated carbocycles. The van der Waals surface area contributed by atoms with Gasteiger partial charge in [-0.15, -0.1) is 0 Å². The monoisotopic (exact) mass is 257 g/mol. The molecule has 2 rings (SSSR count). The summed E-state index contributed by atoms with van der Waals surface area (Å²) in [5, 5.41) is 9.07. The van der Waals surface area contributed by atoms with Crippen LogP contribution in [0.1, 0.15) is 18.0 Å². The molecule has 1 aromatic rings. The molecule has 0 saturated heterocycles. The molecule has 92 valence electrons. The van der Waals surface area contributed by atoms with E-state index in [1.807, 2.05) is 0 Å². The first kappa shape index (κ1) is 12.0. The van der Waals surface area contributed by atoms with E-state index in [1.165, 1.54) is 0 Å². The Bertz CT molecular complexity index is 449. The Kier molecular flexibility index (Phi) is 3.40. The lowest BCUT2D eigenvalue weighted by Gasteiger charge is -2.14. The maximum atomic E-state index is 10.8. The number of carboxylic acid groups (broad SMARTS) is 1. The van der Waals surface area contributed by atoms with Crippen molar-refractivity contribution in [3.8, 4) is 11.5 Å². The second kappa shape index (κ2) is 4.81. The van der Waals surface area contributed by atoms with E-state index >= 15 is 0 Å². The first-order valence-corrected chi connectivity index (χ1v) is 5.55. The van der Waals surface area contributed by atoms with Crippen LogP contribution in [0, 0.1) is 0 Å². The van der Waals surface area contributed by atoms with E-state index in [1.54, 1.807) is 12.1 Å². The molecule has 0 spiro atoms. The molecule has 17 heavy (non-hydrogen) atoms. The number of carbonyl (C=O) groups is 1. The Balaban J connectivity index is 2.44. The predicted molar refractivity (Wildman–Crippen MR) is 61.6 cm³/mol. The van der Waals surface area contributed by atoms with Crippen molar-refractivity contribution in [1.29, 1.82) is 0 Å². The number of hydrogen-bond donors (Lipinski definition) is 2. The van der Waals surface area contributed by atoms with Crippen LogP contribution >= 0.6 is 11.6 Å². The molecule has 1 heterocycles. The summed E-state index contributed by atoms with van der Waals surface area (Å²) in [5.41, 5.74) is 5.85. The van der Waals surface area contributed by atoms with Gasteiger partial charge in [0.15, 0.2) is 11.5 Å². The molecule has 5 nitrogen and oxygen atoms in total. The highest BCUT2D eigenvalue weighted by Crippen LogP contribution is 2.40. The standard InChI is InChI=1S/C11H12ClNO4/c12-8-6(9(13)11(14)15)2-3-7-10(8)17-5-1-4-16-7/h2-3,9H,1,4-5,13H2,(H,14,15). The van der Waals surface area contributed by atoms with Crippen molar-refractivity contribution in [2.24, 2.45) is 5.73 Å². The number of rotatable bonds is 2. The minimum Gasteiger partial charge on any atom is -0.490 e. The smallest absolute Gasteiger partial charge is 0.325 e. The third kappa shape index (κ3) is 2.30. The van der Waals surface area contributed by atoms with Gasteiger partial charge in [-0.3, -0.25) is 4.79 Å². The van der Waals surface area contributed by atoms with Gasteiger partial charge in [0.05, 0.1) is 18.2 Å². The summed E-state index contributed by atoms with van der Waals surface area (Å²) >= 11 is 6.09. The Morgan fingerprint density at radius 3 is 2.82 bits per heavy atom. The normalized spacial score (nSPS) is 16.1. The number of fused-ring (bicyclic) bond motifs is 1. The lowest BCUT2D eigenvalue weighted by molar-refractivity contribution is -0.138. The van der Waals surface area contributed by atoms with Crippen LogP contribution in [0.5, 0.6) is 11.5 Å². The van der Waals surface area contributed by atoms with Gasteiger partial charge in [0.25, 0.3) is 0 Å². The minimum atomic E-state index is -1.17. The summed E-state index contributed by atoms with van der Waals surface area (Å²) in [7, 11) is 0. The molecule has 1 aliphatic rings. The molecule has 1 atom stereocenters. The lowest BCUT2D eigenvalue weighted by Crippen LogP contribution is -2.21. The molecule has 6 heteroatoms. The molecule has 0 aliphatic carbocycles. The fraction of sp³-hybridized carbons (Fsp3) is 0.364. The van der Waals surface area contributed by atoms with Crippen LogP contribution in [0.4, 0.5) is 0 Å². The van der Waals surface area contributed by atoms with Gasteiger partial charge < -0.3 is 20.3 Å². The molecule has 0 amide bonds. The zero-order chi connectivity index (χ0) is 12.4. The van der Waals surface area contributed by atoms with Gasteiger partial charge in [-0.05, 0) is 6.07 Å². The summed E-state index contributed by atoms with van der Waals surface area (Å²) in [6.45, 7) is 1.03. The van der Waals surface area contributed by atoms with E-state index in [2.05, 4.69) is 0 Å². The Morgan fingerprint density at radius 1 is 1.41 bits per heavy atom. The summed E-state index contributed by atoms with van der Waals surface area (Å²) in [4.78, 5) is 10.8. The average Bonchev–Trinajstić information content (AvgIpc) is 2.54. The summed E-state index contributed by atoms with van der Waals surface area (Å²) < 4.78 is 10.9. The van der Waals surface area contributed by atoms with Crippen LogP contribution in [0.15, 0.2) is 12.1 Å². The molecule has 0 aromatic heterocycles. The third-order valence-electron chi connectivity index (χ3n) is 2.48. The molecule has 0 fully saturated rings. The zero-order valence-electron chi connectivity index (χ0n) is 8.98. The van der Waals surface area contributed by atoms with Gasteiger partial charge >= 0.3 is 5.97 Å². The number of nitrogens with two attached hydrogens (primary N) is 1. The van der Waals surface area contributed by atoms with E-state index in [9.17, 15) is 4.79 Å². The van der Waals surface area contributed by atoms with E-state index in [0.717, 1.165) is 6.42 Å². The molecule has 0 bridgehead atoms. The van der Waals surface area contributed by atoms with Gasteiger partial charge in [0, 0.05) is 12.0 Å². The second-order valence-electron chi connectivity index (χ2n) is 3.66. The highest BCUT2D eigenvalue weighted by atomic mass is 35.5. The first-order chi connectivity index (χ1) is 8.11. The van der Waals surface area contributed by atoms with Gasteiger partial charge in [0.1, 0.15) is 6.04 Å². The molecule has 3 N–H and O–H groups in total. The summed E-state index contributed by atoms with van der Waals surface area (Å²) in [6.07, 6.45) is 0.755. The van der Waals surface area contributed by atoms with Crippen LogP contribution < -0.4 is 15.2 Å². The van der Waals surface area contributed by atoms with Crippen molar-refractivity contribution >= 4 is 17.6 Å². The third-order valence-corrected chi connectivity index (χ3v) is 2.87. The van der Waals surface area contributed by atoms with Crippen molar-refractivity contribution in [2.75, 3.05) is 13.2 Å². The Hall–Kier alpha value is -1.46. The molecule has 0 radical (unpaired) electrons. The van der Waals surface area contributed by atoms with Crippen LogP contribution in [-0.4, -0.2) is 24.3 Å². The Morgan fingerprint density at radius 2 is 2.12 bits per heavy atom. The predicted octanol–water partition coefficient (Wildman–Crippen LogP) is 1.59. The van der Waals surface area contributed by atoms with Crippen molar-refractivity contribution < 1.29 is 19.4 Å². The second-order valence-corrected chi connectivity index (χ2v) is 4.04. The minimum absolute atomic E-state index is 0.208. The van der Waals surface area contributed by atoms with Gasteiger partial charge in [-0.25, -0.2) is 0 Å². The van der Waals surface area contributed by atoms with Crippen molar-refractivity contribution in [1.82, 2.24) is 0 Å². The van der Waals surface area contributed by atoms with E-state index < -0.39 is 12.0 Å². The fourth-order valence-corrected chi connectivity index (χ4v) is 1.92. The molecule has 1 unspecified atom stereocenters.